The van der Waals surface area contributed by atoms with Crippen LogP contribution in [0.3, 0.4) is 0 Å². The van der Waals surface area contributed by atoms with Gasteiger partial charge in [0.25, 0.3) is 0 Å². The van der Waals surface area contributed by atoms with Gasteiger partial charge in [-0.25, -0.2) is 4.99 Å². The average Bonchev–Trinajstić information content (AvgIpc) is 2.79. The maximum absolute atomic E-state index is 8.47. The highest BCUT2D eigenvalue weighted by atomic mass is 16.5. The van der Waals surface area contributed by atoms with E-state index in [-0.39, 0.29) is 6.04 Å². The van der Waals surface area contributed by atoms with Crippen molar-refractivity contribution in [1.82, 2.24) is 5.32 Å². The molecule has 1 atom stereocenters. The Morgan fingerprint density at radius 1 is 1.31 bits per heavy atom. The van der Waals surface area contributed by atoms with Crippen LogP contribution in [0.15, 0.2) is 58.4 Å². The number of nitrogens with one attached hydrogen (secondary N) is 2. The summed E-state index contributed by atoms with van der Waals surface area (Å²) in [5, 5.41) is 11.8. The van der Waals surface area contributed by atoms with Gasteiger partial charge in [-0.05, 0) is 64.1 Å². The third-order valence-corrected chi connectivity index (χ3v) is 5.03. The molecular formula is C26H36N4O2. The first-order chi connectivity index (χ1) is 15.4. The van der Waals surface area contributed by atoms with Crippen LogP contribution in [0, 0.1) is 12.3 Å². The Hall–Kier alpha value is -3.15. The van der Waals surface area contributed by atoms with Gasteiger partial charge in [-0.2, -0.15) is 0 Å². The van der Waals surface area contributed by atoms with E-state index in [4.69, 9.17) is 19.9 Å². The van der Waals surface area contributed by atoms with Crippen LogP contribution in [-0.2, 0) is 4.74 Å². The van der Waals surface area contributed by atoms with E-state index < -0.39 is 0 Å². The molecule has 6 nitrogen and oxygen atoms in total. The van der Waals surface area contributed by atoms with Gasteiger partial charge in [0.2, 0.25) is 5.90 Å². The molecule has 0 aliphatic carbocycles. The molecule has 6 heteroatoms. The molecule has 2 rings (SSSR count). The zero-order valence-corrected chi connectivity index (χ0v) is 20.2. The van der Waals surface area contributed by atoms with E-state index in [0.717, 1.165) is 47.5 Å². The predicted molar refractivity (Wildman–Crippen MR) is 134 cm³/mol. The minimum absolute atomic E-state index is 0.269. The Kier molecular flexibility index (Phi) is 9.92. The van der Waals surface area contributed by atoms with Crippen LogP contribution >= 0.6 is 0 Å². The quantitative estimate of drug-likeness (QED) is 0.364. The normalized spacial score (nSPS) is 15.4. The van der Waals surface area contributed by atoms with Crippen LogP contribution in [-0.4, -0.2) is 37.1 Å². The minimum atomic E-state index is -0.269. The van der Waals surface area contributed by atoms with E-state index in [9.17, 15) is 0 Å². The first-order valence-corrected chi connectivity index (χ1v) is 11.2. The Morgan fingerprint density at radius 3 is 2.75 bits per heavy atom. The summed E-state index contributed by atoms with van der Waals surface area (Å²) in [6.07, 6.45) is 12.7. The summed E-state index contributed by atoms with van der Waals surface area (Å²) in [6, 6.07) is 3.62. The fourth-order valence-corrected chi connectivity index (χ4v) is 3.17. The Balaban J connectivity index is 2.52. The number of nitrogens with zero attached hydrogens (tertiary/aromatic N) is 2. The number of benzene rings is 1. The Morgan fingerprint density at radius 2 is 2.09 bits per heavy atom. The second-order valence-electron chi connectivity index (χ2n) is 7.66. The molecule has 1 aromatic rings. The maximum atomic E-state index is 8.47. The van der Waals surface area contributed by atoms with Crippen molar-refractivity contribution in [3.8, 4) is 5.75 Å². The van der Waals surface area contributed by atoms with Gasteiger partial charge in [-0.15, -0.1) is 0 Å². The van der Waals surface area contributed by atoms with E-state index in [1.807, 2.05) is 57.3 Å². The molecule has 0 bridgehead atoms. The standard InChI is InChI=1S/C26H36N4O2/c1-7-9-11-14-28-25(30-20(5)26-29-15-13-18(3)32-26)22-16-21(23(27)12-10-8-2)17-24(31-6)19(22)4/h10-14,16-17,20,27H,7-9,15H2,1-6H3,(H,28,30)/b12-10-,14-11+,27-23?. The molecule has 0 fully saturated rings. The highest BCUT2D eigenvalue weighted by Crippen LogP contribution is 2.25. The molecule has 32 heavy (non-hydrogen) atoms. The largest absolute Gasteiger partial charge is 0.496 e. The van der Waals surface area contributed by atoms with Crippen LogP contribution in [0.4, 0.5) is 0 Å². The van der Waals surface area contributed by atoms with E-state index in [0.29, 0.717) is 24.0 Å². The van der Waals surface area contributed by atoms with Gasteiger partial charge < -0.3 is 20.2 Å². The number of allylic oxidation sites excluding steroid dienone is 4. The van der Waals surface area contributed by atoms with Crippen molar-refractivity contribution >= 4 is 17.4 Å². The van der Waals surface area contributed by atoms with Crippen molar-refractivity contribution in [3.63, 3.8) is 0 Å². The maximum Gasteiger partial charge on any atom is 0.214 e. The number of aliphatic imine (C=N–C) groups is 2. The highest BCUT2D eigenvalue weighted by molar-refractivity contribution is 6.10. The summed E-state index contributed by atoms with van der Waals surface area (Å²) in [5.41, 5.74) is 3.04. The van der Waals surface area contributed by atoms with Crippen LogP contribution < -0.4 is 10.1 Å². The van der Waals surface area contributed by atoms with Crippen molar-refractivity contribution in [2.75, 3.05) is 13.7 Å². The fourth-order valence-electron chi connectivity index (χ4n) is 3.17. The number of unbranched alkanes of at least 4 members (excludes halogenated alkanes) is 1. The van der Waals surface area contributed by atoms with Crippen molar-refractivity contribution in [3.05, 3.63) is 65.1 Å². The van der Waals surface area contributed by atoms with E-state index >= 15 is 0 Å². The lowest BCUT2D eigenvalue weighted by Gasteiger charge is -2.19. The van der Waals surface area contributed by atoms with E-state index in [2.05, 4.69) is 30.2 Å². The molecule has 0 saturated heterocycles. The zero-order chi connectivity index (χ0) is 23.5. The smallest absolute Gasteiger partial charge is 0.214 e. The lowest BCUT2D eigenvalue weighted by molar-refractivity contribution is 0.387. The molecule has 1 aromatic carbocycles. The van der Waals surface area contributed by atoms with Gasteiger partial charge in [-0.1, -0.05) is 32.4 Å². The summed E-state index contributed by atoms with van der Waals surface area (Å²) in [7, 11) is 1.65. The second kappa shape index (κ2) is 12.6. The van der Waals surface area contributed by atoms with Gasteiger partial charge >= 0.3 is 0 Å². The molecule has 1 aliphatic heterocycles. The van der Waals surface area contributed by atoms with Crippen LogP contribution in [0.25, 0.3) is 0 Å². The summed E-state index contributed by atoms with van der Waals surface area (Å²) in [6.45, 7) is 10.7. The van der Waals surface area contributed by atoms with Gasteiger partial charge in [0.05, 0.1) is 19.4 Å². The van der Waals surface area contributed by atoms with Crippen LogP contribution in [0.2, 0.25) is 0 Å². The molecule has 172 valence electrons. The number of hydrogen-bond acceptors (Lipinski definition) is 5. The van der Waals surface area contributed by atoms with Crippen molar-refractivity contribution < 1.29 is 9.47 Å². The zero-order valence-electron chi connectivity index (χ0n) is 20.2. The first-order valence-electron chi connectivity index (χ1n) is 11.2. The third-order valence-electron chi connectivity index (χ3n) is 5.03. The summed E-state index contributed by atoms with van der Waals surface area (Å²) < 4.78 is 11.4. The molecule has 0 amide bonds. The SMILES string of the molecule is CC/C=C\C(=N)c1cc(OC)c(C)c(C(=NC(C)C2=NCC=C(C)O2)N/C=C/CCC)c1. The molecule has 1 heterocycles. The molecule has 0 radical (unpaired) electrons. The first kappa shape index (κ1) is 25.1. The molecule has 2 N–H and O–H groups in total. The summed E-state index contributed by atoms with van der Waals surface area (Å²) in [5.74, 6) is 2.84. The number of hydrogen-bond donors (Lipinski definition) is 2. The monoisotopic (exact) mass is 436 g/mol. The van der Waals surface area contributed by atoms with Gasteiger partial charge in [0, 0.05) is 16.7 Å². The molecular weight excluding hydrogens is 400 g/mol. The van der Waals surface area contributed by atoms with Crippen LogP contribution in [0.1, 0.15) is 63.6 Å². The fraction of sp³-hybridized carbons (Fsp3) is 0.423. The Bertz CT molecular complexity index is 955. The van der Waals surface area contributed by atoms with Gasteiger partial charge in [-0.3, -0.25) is 4.99 Å². The number of ether oxygens (including phenoxy) is 2. The molecule has 1 unspecified atom stereocenters. The van der Waals surface area contributed by atoms with Crippen molar-refractivity contribution in [2.45, 2.75) is 59.9 Å². The lowest BCUT2D eigenvalue weighted by atomic mass is 9.99. The van der Waals surface area contributed by atoms with Crippen molar-refractivity contribution in [2.24, 2.45) is 9.98 Å². The number of methoxy groups -OCH3 is 1. The lowest BCUT2D eigenvalue weighted by Crippen LogP contribution is -2.27. The summed E-state index contributed by atoms with van der Waals surface area (Å²) >= 11 is 0. The topological polar surface area (TPSA) is 79.1 Å². The van der Waals surface area contributed by atoms with E-state index in [1.165, 1.54) is 0 Å². The number of rotatable bonds is 10. The highest BCUT2D eigenvalue weighted by Gasteiger charge is 2.19. The third kappa shape index (κ3) is 6.94. The van der Waals surface area contributed by atoms with Gasteiger partial charge in [0.15, 0.2) is 0 Å². The van der Waals surface area contributed by atoms with Crippen molar-refractivity contribution in [1.29, 1.82) is 5.41 Å². The molecule has 0 saturated carbocycles. The predicted octanol–water partition coefficient (Wildman–Crippen LogP) is 5.71. The molecule has 0 spiro atoms. The summed E-state index contributed by atoms with van der Waals surface area (Å²) in [4.78, 5) is 9.40. The Labute approximate surface area is 192 Å². The number of amidine groups is 1. The second-order valence-corrected chi connectivity index (χ2v) is 7.66. The van der Waals surface area contributed by atoms with Crippen LogP contribution in [0.5, 0.6) is 5.75 Å². The minimum Gasteiger partial charge on any atom is -0.496 e. The van der Waals surface area contributed by atoms with Gasteiger partial charge in [0.1, 0.15) is 23.4 Å². The molecule has 1 aliphatic rings. The molecule has 0 aromatic heterocycles. The average molecular weight is 437 g/mol. The van der Waals surface area contributed by atoms with E-state index in [1.54, 1.807) is 7.11 Å².